The minimum atomic E-state index is -0.625. The molecule has 3 atom stereocenters. The van der Waals surface area contributed by atoms with Crippen molar-refractivity contribution < 1.29 is 18.9 Å². The monoisotopic (exact) mass is 547 g/mol. The van der Waals surface area contributed by atoms with E-state index in [2.05, 4.69) is 48.6 Å². The normalized spacial score (nSPS) is 21.0. The number of Topliss-reactive ketones (excluding diaryl/α,β-unsaturated/α-hetero) is 1. The zero-order chi connectivity index (χ0) is 28.1. The van der Waals surface area contributed by atoms with Gasteiger partial charge in [0.1, 0.15) is 0 Å². The molecule has 1 N–H and O–H groups in total. The van der Waals surface area contributed by atoms with Gasteiger partial charge >= 0.3 is 0 Å². The molecule has 1 aromatic heterocycles. The molecule has 7 nitrogen and oxygen atoms in total. The van der Waals surface area contributed by atoms with Crippen LogP contribution in [0.25, 0.3) is 0 Å². The fourth-order valence-corrected chi connectivity index (χ4v) is 7.44. The van der Waals surface area contributed by atoms with Gasteiger partial charge in [-0.1, -0.05) is 81.8 Å². The van der Waals surface area contributed by atoms with Crippen LogP contribution in [-0.2, 0) is 21.4 Å². The van der Waals surface area contributed by atoms with Crippen molar-refractivity contribution >= 4 is 17.6 Å². The Kier molecular flexibility index (Phi) is 9.07. The Morgan fingerprint density at radius 3 is 2.52 bits per heavy atom. The number of hydrogen-bond donors (Lipinski definition) is 1. The van der Waals surface area contributed by atoms with E-state index in [4.69, 9.17) is 4.52 Å². The third-order valence-electron chi connectivity index (χ3n) is 10.2. The molecule has 7 heteroatoms. The average Bonchev–Trinajstić information content (AvgIpc) is 3.65. The molecule has 1 aromatic carbocycles. The highest BCUT2D eigenvalue weighted by Gasteiger charge is 2.43. The topological polar surface area (TPSA) is 92.5 Å². The zero-order valence-electron chi connectivity index (χ0n) is 24.2. The number of nitrogens with one attached hydrogen (secondary N) is 1. The van der Waals surface area contributed by atoms with Crippen LogP contribution < -0.4 is 5.32 Å². The summed E-state index contributed by atoms with van der Waals surface area (Å²) in [6.45, 7) is 5.64. The molecule has 216 valence electrons. The van der Waals surface area contributed by atoms with E-state index < -0.39 is 11.9 Å². The largest absolute Gasteiger partial charge is 0.351 e. The second kappa shape index (κ2) is 12.7. The van der Waals surface area contributed by atoms with Gasteiger partial charge in [-0.25, -0.2) is 0 Å². The van der Waals surface area contributed by atoms with Crippen molar-refractivity contribution in [2.45, 2.75) is 102 Å². The van der Waals surface area contributed by atoms with Gasteiger partial charge in [-0.3, -0.25) is 14.4 Å². The smallest absolute Gasteiger partial charge is 0.290 e. The number of nitrogens with zero attached hydrogens (tertiary/aromatic N) is 2. The van der Waals surface area contributed by atoms with Crippen molar-refractivity contribution in [3.63, 3.8) is 0 Å². The van der Waals surface area contributed by atoms with Crippen LogP contribution in [0, 0.1) is 17.8 Å². The minimum Gasteiger partial charge on any atom is -0.351 e. The standard InChI is InChI=1S/C33H45N3O4/c1-3-23(2)26(32(39)36-19-16-33(17-20-36)15-13-25-11-7-8-12-27(25)33)22-29(37)28(21-24-9-5-4-6-10-24)35-31(38)30-14-18-34-40-30/h7-8,11-12,14,18,23-24,26,28H,3-6,9-10,13,15-17,19-22H2,1-2H3,(H,35,38)/t23?,26-,28-/m0/s1. The first kappa shape index (κ1) is 28.6. The van der Waals surface area contributed by atoms with E-state index in [1.165, 1.54) is 29.8 Å². The molecular formula is C33H45N3O4. The van der Waals surface area contributed by atoms with E-state index in [1.54, 1.807) is 0 Å². The third kappa shape index (κ3) is 6.18. The maximum Gasteiger partial charge on any atom is 0.290 e. The Morgan fingerprint density at radius 2 is 1.82 bits per heavy atom. The van der Waals surface area contributed by atoms with Gasteiger partial charge in [0, 0.05) is 31.5 Å². The SMILES string of the molecule is CCC(C)[C@H](CC(=O)[C@H](CC1CCCCC1)NC(=O)c1ccno1)C(=O)N1CCC2(CCc3ccccc32)CC1. The molecule has 2 aliphatic carbocycles. The van der Waals surface area contributed by atoms with Crippen molar-refractivity contribution in [3.05, 3.63) is 53.4 Å². The third-order valence-corrected chi connectivity index (χ3v) is 10.2. The van der Waals surface area contributed by atoms with Gasteiger partial charge < -0.3 is 14.7 Å². The molecule has 40 heavy (non-hydrogen) atoms. The Bertz CT molecular complexity index is 1160. The number of piperidine rings is 1. The number of ketones is 1. The molecule has 0 bridgehead atoms. The van der Waals surface area contributed by atoms with Gasteiger partial charge in [-0.15, -0.1) is 0 Å². The number of aryl methyl sites for hydroxylation is 1. The van der Waals surface area contributed by atoms with Crippen molar-refractivity contribution in [3.8, 4) is 0 Å². The van der Waals surface area contributed by atoms with Gasteiger partial charge in [0.05, 0.1) is 12.2 Å². The Hall–Kier alpha value is -2.96. The van der Waals surface area contributed by atoms with Gasteiger partial charge in [-0.2, -0.15) is 0 Å². The van der Waals surface area contributed by atoms with Crippen LogP contribution in [0.5, 0.6) is 0 Å². The molecule has 2 aromatic rings. The fraction of sp³-hybridized carbons (Fsp3) is 0.636. The maximum atomic E-state index is 14.0. The maximum absolute atomic E-state index is 14.0. The predicted molar refractivity (Wildman–Crippen MR) is 154 cm³/mol. The molecule has 2 amide bonds. The van der Waals surface area contributed by atoms with Crippen molar-refractivity contribution in [1.29, 1.82) is 0 Å². The summed E-state index contributed by atoms with van der Waals surface area (Å²) in [5.74, 6) is -0.151. The molecular weight excluding hydrogens is 502 g/mol. The summed E-state index contributed by atoms with van der Waals surface area (Å²) >= 11 is 0. The number of fused-ring (bicyclic) bond motifs is 2. The molecule has 1 aliphatic heterocycles. The molecule has 0 radical (unpaired) electrons. The number of carbonyl (C=O) groups is 3. The number of hydrogen-bond acceptors (Lipinski definition) is 5. The average molecular weight is 548 g/mol. The summed E-state index contributed by atoms with van der Waals surface area (Å²) in [6.07, 6.45) is 13.0. The van der Waals surface area contributed by atoms with Gasteiger partial charge in [0.25, 0.3) is 5.91 Å². The molecule has 1 saturated carbocycles. The molecule has 1 spiro atoms. The number of amides is 2. The Morgan fingerprint density at radius 1 is 1.07 bits per heavy atom. The molecule has 2 heterocycles. The van der Waals surface area contributed by atoms with Crippen LogP contribution in [0.4, 0.5) is 0 Å². The van der Waals surface area contributed by atoms with E-state index in [9.17, 15) is 14.4 Å². The lowest BCUT2D eigenvalue weighted by atomic mass is 9.73. The van der Waals surface area contributed by atoms with E-state index in [0.717, 1.165) is 70.9 Å². The number of benzene rings is 1. The number of rotatable bonds is 10. The summed E-state index contributed by atoms with van der Waals surface area (Å²) in [5, 5.41) is 6.58. The number of aromatic nitrogens is 1. The van der Waals surface area contributed by atoms with Crippen LogP contribution in [0.3, 0.4) is 0 Å². The first-order chi connectivity index (χ1) is 19.4. The van der Waals surface area contributed by atoms with Crippen LogP contribution >= 0.6 is 0 Å². The van der Waals surface area contributed by atoms with E-state index >= 15 is 0 Å². The van der Waals surface area contributed by atoms with Crippen molar-refractivity contribution in [2.24, 2.45) is 17.8 Å². The van der Waals surface area contributed by atoms with Crippen molar-refractivity contribution in [2.75, 3.05) is 13.1 Å². The second-order valence-corrected chi connectivity index (χ2v) is 12.6. The number of carbonyl (C=O) groups excluding carboxylic acids is 3. The lowest BCUT2D eigenvalue weighted by molar-refractivity contribution is -0.141. The predicted octanol–water partition coefficient (Wildman–Crippen LogP) is 5.87. The van der Waals surface area contributed by atoms with E-state index in [0.29, 0.717) is 12.3 Å². The zero-order valence-corrected chi connectivity index (χ0v) is 24.2. The van der Waals surface area contributed by atoms with Crippen LogP contribution in [0.15, 0.2) is 41.1 Å². The van der Waals surface area contributed by atoms with E-state index in [1.807, 2.05) is 4.90 Å². The summed E-state index contributed by atoms with van der Waals surface area (Å²) in [6, 6.07) is 9.67. The van der Waals surface area contributed by atoms with Gasteiger partial charge in [-0.05, 0) is 60.5 Å². The summed E-state index contributed by atoms with van der Waals surface area (Å²) in [5.41, 5.74) is 3.12. The lowest BCUT2D eigenvalue weighted by Crippen LogP contribution is -2.49. The van der Waals surface area contributed by atoms with Crippen LogP contribution in [-0.4, -0.2) is 46.8 Å². The first-order valence-corrected chi connectivity index (χ1v) is 15.5. The minimum absolute atomic E-state index is 0.0460. The van der Waals surface area contributed by atoms with Gasteiger partial charge in [0.15, 0.2) is 5.78 Å². The highest BCUT2D eigenvalue weighted by Crippen LogP contribution is 2.46. The Labute approximate surface area is 238 Å². The summed E-state index contributed by atoms with van der Waals surface area (Å²) in [7, 11) is 0. The highest BCUT2D eigenvalue weighted by atomic mass is 16.5. The summed E-state index contributed by atoms with van der Waals surface area (Å²) < 4.78 is 5.05. The van der Waals surface area contributed by atoms with Crippen LogP contribution in [0.1, 0.15) is 106 Å². The molecule has 1 unspecified atom stereocenters. The quantitative estimate of drug-likeness (QED) is 0.402. The van der Waals surface area contributed by atoms with Crippen LogP contribution in [0.2, 0.25) is 0 Å². The highest BCUT2D eigenvalue weighted by molar-refractivity contribution is 5.97. The van der Waals surface area contributed by atoms with Crippen molar-refractivity contribution in [1.82, 2.24) is 15.4 Å². The first-order valence-electron chi connectivity index (χ1n) is 15.5. The second-order valence-electron chi connectivity index (χ2n) is 12.6. The molecule has 1 saturated heterocycles. The molecule has 3 aliphatic rings. The lowest BCUT2D eigenvalue weighted by Gasteiger charge is -2.42. The van der Waals surface area contributed by atoms with E-state index in [-0.39, 0.29) is 41.1 Å². The fourth-order valence-electron chi connectivity index (χ4n) is 7.44. The Balaban J connectivity index is 1.27. The summed E-state index contributed by atoms with van der Waals surface area (Å²) in [4.78, 5) is 42.7. The molecule has 5 rings (SSSR count). The van der Waals surface area contributed by atoms with Gasteiger partial charge in [0.2, 0.25) is 11.7 Å². The molecule has 2 fully saturated rings. The number of likely N-dealkylation sites (tertiary alicyclic amines) is 1.